The summed E-state index contributed by atoms with van der Waals surface area (Å²) < 4.78 is 25.7. The van der Waals surface area contributed by atoms with Crippen molar-refractivity contribution in [3.63, 3.8) is 0 Å². The van der Waals surface area contributed by atoms with Crippen LogP contribution in [0.4, 0.5) is 15.9 Å². The zero-order chi connectivity index (χ0) is 20.5. The Kier molecular flexibility index (Phi) is 5.31. The molecule has 8 heteroatoms. The molecule has 2 aromatic carbocycles. The van der Waals surface area contributed by atoms with Crippen LogP contribution in [-0.4, -0.2) is 47.2 Å². The van der Waals surface area contributed by atoms with Crippen LogP contribution in [0.3, 0.4) is 0 Å². The van der Waals surface area contributed by atoms with Crippen LogP contribution >= 0.6 is 11.6 Å². The summed E-state index contributed by atoms with van der Waals surface area (Å²) in [6, 6.07) is 8.22. The molecular weight excluding hydrogens is 407 g/mol. The summed E-state index contributed by atoms with van der Waals surface area (Å²) in [4.78, 5) is 11.2. The van der Waals surface area contributed by atoms with Crippen LogP contribution in [0, 0.1) is 5.82 Å². The van der Waals surface area contributed by atoms with Crippen LogP contribution in [0.25, 0.3) is 10.9 Å². The molecule has 0 saturated carbocycles. The van der Waals surface area contributed by atoms with Gasteiger partial charge in [0.25, 0.3) is 0 Å². The standard InChI is InChI=1S/C22H22ClFN4O2/c23-17-9-14(3-4-18(17)24)27-22-16-10-21-20(11-19(16)25-13-26-22)29-12-15(30-21)5-8-28-6-1-2-7-28/h3-4,9-11,13,15H,1-2,5-8,12H2,(H,25,26,27). The van der Waals surface area contributed by atoms with Gasteiger partial charge < -0.3 is 19.7 Å². The minimum absolute atomic E-state index is 0.0208. The lowest BCUT2D eigenvalue weighted by atomic mass is 10.1. The Morgan fingerprint density at radius 1 is 1.13 bits per heavy atom. The number of benzene rings is 2. The highest BCUT2D eigenvalue weighted by atomic mass is 35.5. The summed E-state index contributed by atoms with van der Waals surface area (Å²) >= 11 is 5.90. The number of fused-ring (bicyclic) bond motifs is 2. The average molecular weight is 429 g/mol. The van der Waals surface area contributed by atoms with Crippen LogP contribution in [0.15, 0.2) is 36.7 Å². The summed E-state index contributed by atoms with van der Waals surface area (Å²) in [7, 11) is 0. The molecule has 6 nitrogen and oxygen atoms in total. The second-order valence-corrected chi connectivity index (χ2v) is 8.09. The number of hydrogen-bond acceptors (Lipinski definition) is 6. The number of aromatic nitrogens is 2. The van der Waals surface area contributed by atoms with E-state index in [0.717, 1.165) is 23.9 Å². The van der Waals surface area contributed by atoms with E-state index in [1.807, 2.05) is 12.1 Å². The summed E-state index contributed by atoms with van der Waals surface area (Å²) in [6.07, 6.45) is 5.00. The Hall–Kier alpha value is -2.64. The smallest absolute Gasteiger partial charge is 0.163 e. The van der Waals surface area contributed by atoms with Gasteiger partial charge in [0.1, 0.15) is 30.7 Å². The van der Waals surface area contributed by atoms with Crippen LogP contribution in [0.2, 0.25) is 5.02 Å². The number of anilines is 2. The molecule has 0 amide bonds. The molecule has 3 aromatic rings. The van der Waals surface area contributed by atoms with Crippen molar-refractivity contribution in [1.82, 2.24) is 14.9 Å². The van der Waals surface area contributed by atoms with E-state index in [2.05, 4.69) is 20.2 Å². The van der Waals surface area contributed by atoms with Crippen molar-refractivity contribution in [2.75, 3.05) is 31.6 Å². The third-order valence-electron chi connectivity index (χ3n) is 5.57. The first-order valence-electron chi connectivity index (χ1n) is 10.2. The molecule has 1 atom stereocenters. The van der Waals surface area contributed by atoms with Crippen molar-refractivity contribution in [2.45, 2.75) is 25.4 Å². The van der Waals surface area contributed by atoms with E-state index in [0.29, 0.717) is 29.6 Å². The minimum atomic E-state index is -0.464. The zero-order valence-corrected chi connectivity index (χ0v) is 17.2. The number of likely N-dealkylation sites (tertiary alicyclic amines) is 1. The quantitative estimate of drug-likeness (QED) is 0.630. The van der Waals surface area contributed by atoms with Crippen molar-refractivity contribution in [1.29, 1.82) is 0 Å². The van der Waals surface area contributed by atoms with E-state index in [1.54, 1.807) is 6.07 Å². The lowest BCUT2D eigenvalue weighted by Gasteiger charge is -2.28. The number of nitrogens with one attached hydrogen (secondary N) is 1. The predicted molar refractivity (Wildman–Crippen MR) is 114 cm³/mol. The van der Waals surface area contributed by atoms with E-state index in [9.17, 15) is 4.39 Å². The number of hydrogen-bond donors (Lipinski definition) is 1. The van der Waals surface area contributed by atoms with Gasteiger partial charge in [0.05, 0.1) is 10.5 Å². The van der Waals surface area contributed by atoms with Crippen molar-refractivity contribution >= 4 is 34.0 Å². The fourth-order valence-corrected chi connectivity index (χ4v) is 4.13. The molecule has 0 radical (unpaired) electrons. The molecule has 1 fully saturated rings. The van der Waals surface area contributed by atoms with E-state index in [-0.39, 0.29) is 11.1 Å². The fourth-order valence-electron chi connectivity index (χ4n) is 3.95. The third-order valence-corrected chi connectivity index (χ3v) is 5.86. The molecule has 1 unspecified atom stereocenters. The first kappa shape index (κ1) is 19.3. The Labute approximate surface area is 179 Å². The van der Waals surface area contributed by atoms with Crippen molar-refractivity contribution in [3.8, 4) is 11.5 Å². The van der Waals surface area contributed by atoms with E-state index in [1.165, 1.54) is 44.4 Å². The molecular formula is C22H22ClFN4O2. The van der Waals surface area contributed by atoms with Gasteiger partial charge in [0.2, 0.25) is 0 Å². The number of rotatable bonds is 5. The molecule has 0 spiro atoms. The van der Waals surface area contributed by atoms with Crippen molar-refractivity contribution in [2.24, 2.45) is 0 Å². The molecule has 2 aliphatic rings. The molecule has 1 N–H and O–H groups in total. The lowest BCUT2D eigenvalue weighted by Crippen LogP contribution is -2.33. The Morgan fingerprint density at radius 2 is 2.00 bits per heavy atom. The zero-order valence-electron chi connectivity index (χ0n) is 16.4. The number of nitrogens with zero attached hydrogens (tertiary/aromatic N) is 3. The summed E-state index contributed by atoms with van der Waals surface area (Å²) in [5.41, 5.74) is 1.37. The molecule has 1 aromatic heterocycles. The fraction of sp³-hybridized carbons (Fsp3) is 0.364. The van der Waals surface area contributed by atoms with Crippen LogP contribution in [0.1, 0.15) is 19.3 Å². The first-order chi connectivity index (χ1) is 14.7. The summed E-state index contributed by atoms with van der Waals surface area (Å²) in [6.45, 7) is 3.91. The Morgan fingerprint density at radius 3 is 2.83 bits per heavy atom. The van der Waals surface area contributed by atoms with E-state index < -0.39 is 5.82 Å². The van der Waals surface area contributed by atoms with Crippen LogP contribution in [-0.2, 0) is 0 Å². The average Bonchev–Trinajstić information content (AvgIpc) is 3.27. The summed E-state index contributed by atoms with van der Waals surface area (Å²) in [5, 5.41) is 4.03. The van der Waals surface area contributed by atoms with Gasteiger partial charge in [-0.05, 0) is 50.2 Å². The maximum absolute atomic E-state index is 13.5. The van der Waals surface area contributed by atoms with Gasteiger partial charge in [-0.25, -0.2) is 14.4 Å². The van der Waals surface area contributed by atoms with Crippen molar-refractivity contribution < 1.29 is 13.9 Å². The Bertz CT molecular complexity index is 1070. The molecule has 3 heterocycles. The maximum atomic E-state index is 13.5. The molecule has 30 heavy (non-hydrogen) atoms. The van der Waals surface area contributed by atoms with Crippen molar-refractivity contribution in [3.05, 3.63) is 47.5 Å². The van der Waals surface area contributed by atoms with Crippen LogP contribution < -0.4 is 14.8 Å². The lowest BCUT2D eigenvalue weighted by molar-refractivity contribution is 0.0776. The maximum Gasteiger partial charge on any atom is 0.163 e. The molecule has 5 rings (SSSR count). The number of ether oxygens (including phenoxy) is 2. The summed E-state index contributed by atoms with van der Waals surface area (Å²) in [5.74, 6) is 1.51. The molecule has 0 aliphatic carbocycles. The predicted octanol–water partition coefficient (Wildman–Crippen LogP) is 4.79. The second-order valence-electron chi connectivity index (χ2n) is 7.68. The van der Waals surface area contributed by atoms with Gasteiger partial charge >= 0.3 is 0 Å². The largest absolute Gasteiger partial charge is 0.486 e. The highest BCUT2D eigenvalue weighted by Crippen LogP contribution is 2.38. The second kappa shape index (κ2) is 8.24. The molecule has 2 aliphatic heterocycles. The first-order valence-corrected chi connectivity index (χ1v) is 10.6. The minimum Gasteiger partial charge on any atom is -0.486 e. The van der Waals surface area contributed by atoms with Crippen LogP contribution in [0.5, 0.6) is 11.5 Å². The SMILES string of the molecule is Fc1ccc(Nc2ncnc3cc4c(cc23)OC(CCN2CCCC2)CO4)cc1Cl. The van der Waals surface area contributed by atoms with Gasteiger partial charge in [-0.15, -0.1) is 0 Å². The van der Waals surface area contributed by atoms with Gasteiger partial charge in [0, 0.05) is 30.1 Å². The molecule has 0 bridgehead atoms. The topological polar surface area (TPSA) is 59.5 Å². The molecule has 1 saturated heterocycles. The Balaban J connectivity index is 1.38. The molecule has 156 valence electrons. The van der Waals surface area contributed by atoms with Gasteiger partial charge in [-0.2, -0.15) is 0 Å². The monoisotopic (exact) mass is 428 g/mol. The third kappa shape index (κ3) is 4.00. The highest BCUT2D eigenvalue weighted by Gasteiger charge is 2.24. The normalized spacial score (nSPS) is 18.7. The van der Waals surface area contributed by atoms with E-state index in [4.69, 9.17) is 21.1 Å². The van der Waals surface area contributed by atoms with Gasteiger partial charge in [-0.1, -0.05) is 11.6 Å². The van der Waals surface area contributed by atoms with Gasteiger partial charge in [0.15, 0.2) is 11.5 Å². The van der Waals surface area contributed by atoms with Gasteiger partial charge in [-0.3, -0.25) is 0 Å². The number of halogens is 2. The highest BCUT2D eigenvalue weighted by molar-refractivity contribution is 6.31. The van der Waals surface area contributed by atoms with E-state index >= 15 is 0 Å².